The average Bonchev–Trinajstić information content (AvgIpc) is 2.41. The molecule has 18 heavy (non-hydrogen) atoms. The normalized spacial score (nSPS) is 20.7. The molecule has 1 aliphatic rings. The van der Waals surface area contributed by atoms with Crippen molar-refractivity contribution in [1.82, 2.24) is 4.90 Å². The molecule has 1 unspecified atom stereocenters. The van der Waals surface area contributed by atoms with Crippen LogP contribution in [-0.2, 0) is 16.1 Å². The molecule has 0 amide bonds. The summed E-state index contributed by atoms with van der Waals surface area (Å²) in [5.41, 5.74) is 2.58. The summed E-state index contributed by atoms with van der Waals surface area (Å²) in [5, 5.41) is 0. The largest absolute Gasteiger partial charge is 0.468 e. The first kappa shape index (κ1) is 13.1. The lowest BCUT2D eigenvalue weighted by Crippen LogP contribution is -2.44. The Morgan fingerprint density at radius 2 is 2.17 bits per heavy atom. The molecule has 0 radical (unpaired) electrons. The molecule has 3 heteroatoms. The van der Waals surface area contributed by atoms with Crippen molar-refractivity contribution in [1.29, 1.82) is 0 Å². The summed E-state index contributed by atoms with van der Waals surface area (Å²) in [5.74, 6) is -0.0942. The number of aryl methyl sites for hydroxylation is 1. The molecule has 0 bridgehead atoms. The van der Waals surface area contributed by atoms with Crippen LogP contribution >= 0.6 is 0 Å². The smallest absolute Gasteiger partial charge is 0.323 e. The molecule has 0 aliphatic carbocycles. The molecule has 98 valence electrons. The summed E-state index contributed by atoms with van der Waals surface area (Å²) in [6.45, 7) is 3.94. The Balaban J connectivity index is 2.10. The molecule has 0 spiro atoms. The third-order valence-electron chi connectivity index (χ3n) is 3.72. The van der Waals surface area contributed by atoms with Crippen LogP contribution in [0.25, 0.3) is 0 Å². The van der Waals surface area contributed by atoms with Crippen molar-refractivity contribution >= 4 is 5.97 Å². The Labute approximate surface area is 109 Å². The van der Waals surface area contributed by atoms with Crippen LogP contribution in [0.4, 0.5) is 0 Å². The molecule has 1 fully saturated rings. The standard InChI is InChI=1S/C15H21NO2/c1-12-7-3-4-8-13(12)11-16-10-6-5-9-14(16)15(17)18-2/h3-4,7-8,14H,5-6,9-11H2,1-2H3. The van der Waals surface area contributed by atoms with E-state index < -0.39 is 0 Å². The van der Waals surface area contributed by atoms with Crippen molar-refractivity contribution in [3.63, 3.8) is 0 Å². The van der Waals surface area contributed by atoms with Crippen LogP contribution in [0.3, 0.4) is 0 Å². The fourth-order valence-corrected chi connectivity index (χ4v) is 2.59. The summed E-state index contributed by atoms with van der Waals surface area (Å²) in [6, 6.07) is 8.29. The maximum atomic E-state index is 11.8. The van der Waals surface area contributed by atoms with Gasteiger partial charge in [-0.25, -0.2) is 0 Å². The van der Waals surface area contributed by atoms with Gasteiger partial charge in [-0.1, -0.05) is 30.7 Å². The number of rotatable bonds is 3. The second kappa shape index (κ2) is 6.01. The van der Waals surface area contributed by atoms with Crippen molar-refractivity contribution in [3.8, 4) is 0 Å². The number of piperidine rings is 1. The van der Waals surface area contributed by atoms with Gasteiger partial charge in [-0.2, -0.15) is 0 Å². The Kier molecular flexibility index (Phi) is 4.37. The van der Waals surface area contributed by atoms with E-state index >= 15 is 0 Å². The molecule has 1 aromatic carbocycles. The third-order valence-corrected chi connectivity index (χ3v) is 3.72. The molecule has 0 saturated carbocycles. The van der Waals surface area contributed by atoms with Gasteiger partial charge in [-0.15, -0.1) is 0 Å². The number of benzene rings is 1. The number of methoxy groups -OCH3 is 1. The van der Waals surface area contributed by atoms with Crippen LogP contribution in [0.5, 0.6) is 0 Å². The van der Waals surface area contributed by atoms with Crippen LogP contribution in [0, 0.1) is 6.92 Å². The zero-order chi connectivity index (χ0) is 13.0. The van der Waals surface area contributed by atoms with E-state index in [-0.39, 0.29) is 12.0 Å². The molecule has 2 rings (SSSR count). The number of hydrogen-bond acceptors (Lipinski definition) is 3. The van der Waals surface area contributed by atoms with Gasteiger partial charge in [0.25, 0.3) is 0 Å². The minimum Gasteiger partial charge on any atom is -0.468 e. The zero-order valence-corrected chi connectivity index (χ0v) is 11.2. The molecule has 1 heterocycles. The fraction of sp³-hybridized carbons (Fsp3) is 0.533. The lowest BCUT2D eigenvalue weighted by Gasteiger charge is -2.34. The van der Waals surface area contributed by atoms with Crippen molar-refractivity contribution in [2.75, 3.05) is 13.7 Å². The molecule has 1 aliphatic heterocycles. The highest BCUT2D eigenvalue weighted by atomic mass is 16.5. The second-order valence-corrected chi connectivity index (χ2v) is 4.93. The summed E-state index contributed by atoms with van der Waals surface area (Å²) in [6.07, 6.45) is 3.20. The van der Waals surface area contributed by atoms with Crippen molar-refractivity contribution in [3.05, 3.63) is 35.4 Å². The van der Waals surface area contributed by atoms with E-state index in [4.69, 9.17) is 4.74 Å². The Hall–Kier alpha value is -1.35. The van der Waals surface area contributed by atoms with Gasteiger partial charge in [0.15, 0.2) is 0 Å². The molecule has 0 N–H and O–H groups in total. The maximum Gasteiger partial charge on any atom is 0.323 e. The monoisotopic (exact) mass is 247 g/mol. The van der Waals surface area contributed by atoms with Crippen LogP contribution < -0.4 is 0 Å². The first-order chi connectivity index (χ1) is 8.72. The molecule has 3 nitrogen and oxygen atoms in total. The Morgan fingerprint density at radius 3 is 2.89 bits per heavy atom. The first-order valence-corrected chi connectivity index (χ1v) is 6.58. The van der Waals surface area contributed by atoms with Gasteiger partial charge in [0.2, 0.25) is 0 Å². The fourth-order valence-electron chi connectivity index (χ4n) is 2.59. The highest BCUT2D eigenvalue weighted by Gasteiger charge is 2.29. The number of carbonyl (C=O) groups is 1. The summed E-state index contributed by atoms with van der Waals surface area (Å²) >= 11 is 0. The SMILES string of the molecule is COC(=O)C1CCCCN1Cc1ccccc1C. The number of ether oxygens (including phenoxy) is 1. The number of carbonyl (C=O) groups excluding carboxylic acids is 1. The van der Waals surface area contributed by atoms with Crippen LogP contribution in [-0.4, -0.2) is 30.6 Å². The number of hydrogen-bond donors (Lipinski definition) is 0. The van der Waals surface area contributed by atoms with Gasteiger partial charge in [0.1, 0.15) is 6.04 Å². The molecule has 1 aromatic rings. The third kappa shape index (κ3) is 2.91. The predicted octanol–water partition coefficient (Wildman–Crippen LogP) is 2.52. The van der Waals surface area contributed by atoms with Crippen LogP contribution in [0.2, 0.25) is 0 Å². The van der Waals surface area contributed by atoms with E-state index in [0.29, 0.717) is 0 Å². The lowest BCUT2D eigenvalue weighted by atomic mass is 10.00. The minimum absolute atomic E-state index is 0.0663. The van der Waals surface area contributed by atoms with Gasteiger partial charge in [0.05, 0.1) is 7.11 Å². The lowest BCUT2D eigenvalue weighted by molar-refractivity contribution is -0.148. The zero-order valence-electron chi connectivity index (χ0n) is 11.2. The maximum absolute atomic E-state index is 11.8. The van der Waals surface area contributed by atoms with Crippen LogP contribution in [0.15, 0.2) is 24.3 Å². The first-order valence-electron chi connectivity index (χ1n) is 6.58. The van der Waals surface area contributed by atoms with Gasteiger partial charge in [0, 0.05) is 6.54 Å². The topological polar surface area (TPSA) is 29.5 Å². The van der Waals surface area contributed by atoms with Gasteiger partial charge < -0.3 is 4.74 Å². The highest BCUT2D eigenvalue weighted by Crippen LogP contribution is 2.21. The minimum atomic E-state index is -0.0942. The Morgan fingerprint density at radius 1 is 1.39 bits per heavy atom. The molecule has 0 aromatic heterocycles. The Bertz CT molecular complexity index is 417. The van der Waals surface area contributed by atoms with E-state index in [1.54, 1.807) is 0 Å². The van der Waals surface area contributed by atoms with Crippen LogP contribution in [0.1, 0.15) is 30.4 Å². The number of likely N-dealkylation sites (tertiary alicyclic amines) is 1. The summed E-state index contributed by atoms with van der Waals surface area (Å²) in [4.78, 5) is 14.0. The predicted molar refractivity (Wildman–Crippen MR) is 71.2 cm³/mol. The molecular formula is C15H21NO2. The van der Waals surface area contributed by atoms with Gasteiger partial charge in [-0.3, -0.25) is 9.69 Å². The van der Waals surface area contributed by atoms with Gasteiger partial charge in [-0.05, 0) is 37.4 Å². The van der Waals surface area contributed by atoms with E-state index in [1.165, 1.54) is 24.7 Å². The van der Waals surface area contributed by atoms with E-state index in [2.05, 4.69) is 30.0 Å². The highest BCUT2D eigenvalue weighted by molar-refractivity contribution is 5.75. The molecule has 1 atom stereocenters. The number of nitrogens with zero attached hydrogens (tertiary/aromatic N) is 1. The second-order valence-electron chi connectivity index (χ2n) is 4.93. The molecular weight excluding hydrogens is 226 g/mol. The van der Waals surface area contributed by atoms with E-state index in [9.17, 15) is 4.79 Å². The summed E-state index contributed by atoms with van der Waals surface area (Å²) < 4.78 is 4.91. The van der Waals surface area contributed by atoms with Crippen molar-refractivity contribution in [2.45, 2.75) is 38.8 Å². The van der Waals surface area contributed by atoms with E-state index in [1.807, 2.05) is 6.07 Å². The van der Waals surface area contributed by atoms with Crippen molar-refractivity contribution < 1.29 is 9.53 Å². The number of esters is 1. The average molecular weight is 247 g/mol. The van der Waals surface area contributed by atoms with Gasteiger partial charge >= 0.3 is 5.97 Å². The summed E-state index contributed by atoms with van der Waals surface area (Å²) in [7, 11) is 1.48. The van der Waals surface area contributed by atoms with Crippen molar-refractivity contribution in [2.24, 2.45) is 0 Å². The quantitative estimate of drug-likeness (QED) is 0.769. The molecule has 1 saturated heterocycles. The van der Waals surface area contributed by atoms with E-state index in [0.717, 1.165) is 25.9 Å².